The van der Waals surface area contributed by atoms with E-state index < -0.39 is 0 Å². The summed E-state index contributed by atoms with van der Waals surface area (Å²) in [5, 5.41) is 2.74. The molecule has 0 unspecified atom stereocenters. The van der Waals surface area contributed by atoms with Crippen molar-refractivity contribution in [1.29, 1.82) is 0 Å². The van der Waals surface area contributed by atoms with Gasteiger partial charge in [-0.05, 0) is 41.6 Å². The van der Waals surface area contributed by atoms with Crippen LogP contribution in [0.3, 0.4) is 0 Å². The highest BCUT2D eigenvalue weighted by Crippen LogP contribution is 2.23. The van der Waals surface area contributed by atoms with Crippen molar-refractivity contribution in [3.05, 3.63) is 92.1 Å². The van der Waals surface area contributed by atoms with E-state index in [1.807, 2.05) is 54.8 Å². The summed E-state index contributed by atoms with van der Waals surface area (Å²) in [6.07, 6.45) is 0.730. The maximum Gasteiger partial charge on any atom is 0.255 e. The summed E-state index contributed by atoms with van der Waals surface area (Å²) in [7, 11) is 0. The Labute approximate surface area is 197 Å². The fraction of sp³-hybridized carbons (Fsp3) is 0.250. The molecule has 0 atom stereocenters. The Morgan fingerprint density at radius 1 is 0.935 bits per heavy atom. The second-order valence-corrected chi connectivity index (χ2v) is 9.04. The molecule has 0 aliphatic heterocycles. The fourth-order valence-electron chi connectivity index (χ4n) is 3.25. The number of carbonyl (C=O) groups is 2. The van der Waals surface area contributed by atoms with Gasteiger partial charge < -0.3 is 9.80 Å². The topological polar surface area (TPSA) is 40.6 Å². The number of benzene rings is 2. The fourth-order valence-corrected chi connectivity index (χ4v) is 4.45. The van der Waals surface area contributed by atoms with Gasteiger partial charge in [0.15, 0.2) is 0 Å². The molecule has 0 bridgehead atoms. The first kappa shape index (κ1) is 23.3. The SMILES string of the molecule is CCCN(CC(=O)N(Cc1ccccc1)Cc1cccs1)C(=O)c1ccc(Cl)cc1Cl. The van der Waals surface area contributed by atoms with Crippen molar-refractivity contribution in [3.8, 4) is 0 Å². The second kappa shape index (κ2) is 11.3. The third kappa shape index (κ3) is 6.57. The minimum Gasteiger partial charge on any atom is -0.332 e. The van der Waals surface area contributed by atoms with Crippen LogP contribution in [0.2, 0.25) is 10.0 Å². The maximum absolute atomic E-state index is 13.3. The van der Waals surface area contributed by atoms with E-state index >= 15 is 0 Å². The molecule has 0 spiro atoms. The quantitative estimate of drug-likeness (QED) is 0.373. The number of nitrogens with zero attached hydrogens (tertiary/aromatic N) is 2. The molecule has 7 heteroatoms. The first-order valence-electron chi connectivity index (χ1n) is 10.1. The predicted molar refractivity (Wildman–Crippen MR) is 128 cm³/mol. The minimum absolute atomic E-state index is 0.0101. The van der Waals surface area contributed by atoms with E-state index in [0.717, 1.165) is 16.9 Å². The van der Waals surface area contributed by atoms with Gasteiger partial charge in [-0.2, -0.15) is 0 Å². The lowest BCUT2D eigenvalue weighted by atomic mass is 10.1. The summed E-state index contributed by atoms with van der Waals surface area (Å²) in [6.45, 7) is 3.40. The van der Waals surface area contributed by atoms with Gasteiger partial charge in [0.1, 0.15) is 6.54 Å². The Kier molecular flexibility index (Phi) is 8.52. The van der Waals surface area contributed by atoms with E-state index in [4.69, 9.17) is 23.2 Å². The van der Waals surface area contributed by atoms with Crippen LogP contribution in [-0.2, 0) is 17.9 Å². The highest BCUT2D eigenvalue weighted by Gasteiger charge is 2.24. The van der Waals surface area contributed by atoms with E-state index in [-0.39, 0.29) is 23.4 Å². The minimum atomic E-state index is -0.271. The van der Waals surface area contributed by atoms with Crippen LogP contribution in [0.25, 0.3) is 0 Å². The maximum atomic E-state index is 13.3. The molecule has 1 aromatic heterocycles. The monoisotopic (exact) mass is 474 g/mol. The molecule has 0 radical (unpaired) electrons. The zero-order chi connectivity index (χ0) is 22.2. The van der Waals surface area contributed by atoms with Crippen LogP contribution in [-0.4, -0.2) is 34.7 Å². The van der Waals surface area contributed by atoms with Crippen LogP contribution in [0.15, 0.2) is 66.0 Å². The number of hydrogen-bond donors (Lipinski definition) is 0. The average Bonchev–Trinajstić information content (AvgIpc) is 3.26. The van der Waals surface area contributed by atoms with Gasteiger partial charge in [-0.25, -0.2) is 0 Å². The molecule has 0 fully saturated rings. The molecule has 2 amide bonds. The number of thiophene rings is 1. The lowest BCUT2D eigenvalue weighted by Crippen LogP contribution is -2.42. The van der Waals surface area contributed by atoms with Crippen molar-refractivity contribution in [3.63, 3.8) is 0 Å². The molecule has 162 valence electrons. The van der Waals surface area contributed by atoms with E-state index in [9.17, 15) is 9.59 Å². The molecule has 2 aromatic carbocycles. The molecular weight excluding hydrogens is 451 g/mol. The zero-order valence-corrected chi connectivity index (χ0v) is 19.6. The van der Waals surface area contributed by atoms with Gasteiger partial charge in [-0.1, -0.05) is 66.5 Å². The number of rotatable bonds is 9. The van der Waals surface area contributed by atoms with E-state index in [0.29, 0.717) is 30.2 Å². The molecule has 0 N–H and O–H groups in total. The van der Waals surface area contributed by atoms with Crippen LogP contribution in [0.4, 0.5) is 0 Å². The Bertz CT molecular complexity index is 1010. The highest BCUT2D eigenvalue weighted by molar-refractivity contribution is 7.09. The normalized spacial score (nSPS) is 10.7. The lowest BCUT2D eigenvalue weighted by Gasteiger charge is -2.28. The molecule has 31 heavy (non-hydrogen) atoms. The smallest absolute Gasteiger partial charge is 0.255 e. The molecular formula is C24H24Cl2N2O2S. The molecule has 0 aliphatic rings. The summed E-state index contributed by atoms with van der Waals surface area (Å²) >= 11 is 13.8. The van der Waals surface area contributed by atoms with Crippen LogP contribution in [0.1, 0.15) is 34.1 Å². The Morgan fingerprint density at radius 3 is 2.35 bits per heavy atom. The summed E-state index contributed by atoms with van der Waals surface area (Å²) in [5.74, 6) is -0.378. The molecule has 4 nitrogen and oxygen atoms in total. The van der Waals surface area contributed by atoms with Crippen molar-refractivity contribution in [1.82, 2.24) is 9.80 Å². The van der Waals surface area contributed by atoms with Gasteiger partial charge in [-0.15, -0.1) is 11.3 Å². The molecule has 3 rings (SSSR count). The van der Waals surface area contributed by atoms with Crippen LogP contribution >= 0.6 is 34.5 Å². The summed E-state index contributed by atoms with van der Waals surface area (Å²) in [4.78, 5) is 30.9. The third-order valence-electron chi connectivity index (χ3n) is 4.76. The van der Waals surface area contributed by atoms with Crippen LogP contribution in [0, 0.1) is 0 Å². The molecule has 3 aromatic rings. The van der Waals surface area contributed by atoms with E-state index in [2.05, 4.69) is 0 Å². The largest absolute Gasteiger partial charge is 0.332 e. The molecule has 1 heterocycles. The van der Waals surface area contributed by atoms with Gasteiger partial charge in [0.2, 0.25) is 5.91 Å². The predicted octanol–water partition coefficient (Wildman–Crippen LogP) is 6.14. The standard InChI is InChI=1S/C24H24Cl2N2O2S/c1-2-12-27(24(30)21-11-10-19(25)14-22(21)26)17-23(29)28(16-20-9-6-13-31-20)15-18-7-4-3-5-8-18/h3-11,13-14H,2,12,15-17H2,1H3. The number of carbonyl (C=O) groups excluding carboxylic acids is 2. The van der Waals surface area contributed by atoms with Crippen molar-refractivity contribution >= 4 is 46.4 Å². The lowest BCUT2D eigenvalue weighted by molar-refractivity contribution is -0.133. The van der Waals surface area contributed by atoms with Crippen molar-refractivity contribution in [2.24, 2.45) is 0 Å². The van der Waals surface area contributed by atoms with Gasteiger partial charge >= 0.3 is 0 Å². The third-order valence-corrected chi connectivity index (χ3v) is 6.17. The van der Waals surface area contributed by atoms with Crippen molar-refractivity contribution in [2.75, 3.05) is 13.1 Å². The molecule has 0 aliphatic carbocycles. The van der Waals surface area contributed by atoms with Gasteiger partial charge in [0.25, 0.3) is 5.91 Å². The van der Waals surface area contributed by atoms with Gasteiger partial charge in [0, 0.05) is 23.0 Å². The van der Waals surface area contributed by atoms with Crippen LogP contribution < -0.4 is 0 Å². The Hall–Kier alpha value is -2.34. The molecule has 0 saturated heterocycles. The van der Waals surface area contributed by atoms with E-state index in [1.165, 1.54) is 0 Å². The Balaban J connectivity index is 1.79. The average molecular weight is 475 g/mol. The summed E-state index contributed by atoms with van der Waals surface area (Å²) < 4.78 is 0. The summed E-state index contributed by atoms with van der Waals surface area (Å²) in [6, 6.07) is 18.6. The van der Waals surface area contributed by atoms with E-state index in [1.54, 1.807) is 39.3 Å². The second-order valence-electron chi connectivity index (χ2n) is 7.17. The number of halogens is 2. The van der Waals surface area contributed by atoms with Gasteiger partial charge in [-0.3, -0.25) is 9.59 Å². The first-order valence-corrected chi connectivity index (χ1v) is 11.7. The zero-order valence-electron chi connectivity index (χ0n) is 17.3. The number of hydrogen-bond acceptors (Lipinski definition) is 3. The highest BCUT2D eigenvalue weighted by atomic mass is 35.5. The molecule has 0 saturated carbocycles. The van der Waals surface area contributed by atoms with Gasteiger partial charge in [0.05, 0.1) is 17.1 Å². The van der Waals surface area contributed by atoms with Crippen molar-refractivity contribution < 1.29 is 9.59 Å². The number of amides is 2. The Morgan fingerprint density at radius 2 is 1.71 bits per heavy atom. The first-order chi connectivity index (χ1) is 15.0. The summed E-state index contributed by atoms with van der Waals surface area (Å²) in [5.41, 5.74) is 1.39. The van der Waals surface area contributed by atoms with Crippen molar-refractivity contribution in [2.45, 2.75) is 26.4 Å². The van der Waals surface area contributed by atoms with Crippen LogP contribution in [0.5, 0.6) is 0 Å².